The highest BCUT2D eigenvalue weighted by Gasteiger charge is 2.20. The lowest BCUT2D eigenvalue weighted by molar-refractivity contribution is 0.220. The second-order valence-electron chi connectivity index (χ2n) is 5.77. The van der Waals surface area contributed by atoms with Crippen molar-refractivity contribution >= 4 is 11.5 Å². The summed E-state index contributed by atoms with van der Waals surface area (Å²) in [5.41, 5.74) is 8.51. The lowest BCUT2D eigenvalue weighted by atomic mass is 10.0. The van der Waals surface area contributed by atoms with E-state index in [1.54, 1.807) is 0 Å². The van der Waals surface area contributed by atoms with E-state index in [0.717, 1.165) is 12.8 Å². The molecular formula is C14H24N4. The summed E-state index contributed by atoms with van der Waals surface area (Å²) < 4.78 is 0. The maximum atomic E-state index is 7.50. The van der Waals surface area contributed by atoms with Gasteiger partial charge >= 0.3 is 0 Å². The van der Waals surface area contributed by atoms with E-state index in [-0.39, 0.29) is 11.4 Å². The van der Waals surface area contributed by atoms with Gasteiger partial charge in [-0.05, 0) is 46.6 Å². The predicted octanol–water partition coefficient (Wildman–Crippen LogP) is 2.68. The number of nitrogens with one attached hydrogen (secondary N) is 1. The van der Waals surface area contributed by atoms with Gasteiger partial charge in [-0.2, -0.15) is 0 Å². The fourth-order valence-corrected chi connectivity index (χ4v) is 1.71. The summed E-state index contributed by atoms with van der Waals surface area (Å²) in [6.07, 6.45) is 5.67. The van der Waals surface area contributed by atoms with Gasteiger partial charge in [-0.15, -0.1) is 0 Å². The Balaban J connectivity index is 3.07. The van der Waals surface area contributed by atoms with E-state index in [1.807, 2.05) is 12.3 Å². The molecule has 18 heavy (non-hydrogen) atoms. The van der Waals surface area contributed by atoms with Gasteiger partial charge in [0.15, 0.2) is 0 Å². The average molecular weight is 248 g/mol. The Bertz CT molecular complexity index is 422. The van der Waals surface area contributed by atoms with E-state index < -0.39 is 0 Å². The topological polar surface area (TPSA) is 65.5 Å². The highest BCUT2D eigenvalue weighted by Crippen LogP contribution is 2.23. The zero-order valence-corrected chi connectivity index (χ0v) is 12.0. The molecule has 100 valence electrons. The van der Waals surface area contributed by atoms with Gasteiger partial charge in [0.05, 0.1) is 0 Å². The van der Waals surface area contributed by atoms with Crippen LogP contribution in [0.2, 0.25) is 0 Å². The molecule has 4 heteroatoms. The molecule has 0 atom stereocenters. The van der Waals surface area contributed by atoms with Crippen LogP contribution in [0.5, 0.6) is 0 Å². The predicted molar refractivity (Wildman–Crippen MR) is 77.9 cm³/mol. The minimum Gasteiger partial charge on any atom is -0.382 e. The van der Waals surface area contributed by atoms with E-state index in [9.17, 15) is 0 Å². The van der Waals surface area contributed by atoms with Crippen LogP contribution in [0.3, 0.4) is 0 Å². The first-order valence-corrected chi connectivity index (χ1v) is 6.24. The van der Waals surface area contributed by atoms with Crippen molar-refractivity contribution < 1.29 is 0 Å². The Morgan fingerprint density at radius 2 is 2.00 bits per heavy atom. The fraction of sp³-hybridized carbons (Fsp3) is 0.571. The number of nitrogens with two attached hydrogens (primary N) is 1. The number of nitrogens with zero attached hydrogens (tertiary/aromatic N) is 2. The molecular weight excluding hydrogens is 224 g/mol. The van der Waals surface area contributed by atoms with Crippen molar-refractivity contribution in [1.82, 2.24) is 4.90 Å². The summed E-state index contributed by atoms with van der Waals surface area (Å²) in [7, 11) is 2.08. The minimum atomic E-state index is 0.0188. The fourth-order valence-electron chi connectivity index (χ4n) is 1.71. The summed E-state index contributed by atoms with van der Waals surface area (Å²) in [6, 6.07) is 0. The quantitative estimate of drug-likeness (QED) is 0.583. The van der Waals surface area contributed by atoms with Gasteiger partial charge in [-0.3, -0.25) is 10.4 Å². The van der Waals surface area contributed by atoms with Gasteiger partial charge in [0.2, 0.25) is 0 Å². The molecule has 0 bridgehead atoms. The average Bonchev–Trinajstić information content (AvgIpc) is 2.21. The van der Waals surface area contributed by atoms with Crippen LogP contribution in [0.15, 0.2) is 28.5 Å². The first-order chi connectivity index (χ1) is 8.21. The molecule has 0 aromatic carbocycles. The monoisotopic (exact) mass is 248 g/mol. The Morgan fingerprint density at radius 1 is 1.39 bits per heavy atom. The zero-order chi connectivity index (χ0) is 13.9. The number of hydrogen-bond donors (Lipinski definition) is 2. The van der Waals surface area contributed by atoms with Gasteiger partial charge < -0.3 is 10.6 Å². The van der Waals surface area contributed by atoms with Crippen LogP contribution >= 0.6 is 0 Å². The van der Waals surface area contributed by atoms with Crippen molar-refractivity contribution in [3.63, 3.8) is 0 Å². The molecule has 0 spiro atoms. The van der Waals surface area contributed by atoms with Crippen LogP contribution in [0.25, 0.3) is 0 Å². The SMILES string of the molecule is C\C1=C/C(C(=N)N)=N\C=C(\N(C)C(C)(C)C)CC1. The molecule has 0 aromatic rings. The Kier molecular flexibility index (Phi) is 4.33. The van der Waals surface area contributed by atoms with Crippen LogP contribution in [0, 0.1) is 5.41 Å². The van der Waals surface area contributed by atoms with E-state index in [2.05, 4.69) is 44.6 Å². The third-order valence-corrected chi connectivity index (χ3v) is 3.22. The first kappa shape index (κ1) is 14.5. The Morgan fingerprint density at radius 3 is 2.50 bits per heavy atom. The van der Waals surface area contributed by atoms with Crippen molar-refractivity contribution in [3.8, 4) is 0 Å². The number of aliphatic imine (C=N–C) groups is 1. The summed E-state index contributed by atoms with van der Waals surface area (Å²) in [5.74, 6) is 0.0188. The van der Waals surface area contributed by atoms with Gasteiger partial charge in [-0.25, -0.2) is 0 Å². The molecule has 0 unspecified atom stereocenters. The molecule has 0 saturated heterocycles. The normalized spacial score (nSPS) is 25.7. The van der Waals surface area contributed by atoms with Crippen molar-refractivity contribution in [2.45, 2.75) is 46.1 Å². The molecule has 0 radical (unpaired) electrons. The second-order valence-corrected chi connectivity index (χ2v) is 5.77. The van der Waals surface area contributed by atoms with Crippen LogP contribution in [-0.4, -0.2) is 29.0 Å². The maximum absolute atomic E-state index is 7.50. The molecule has 3 N–H and O–H groups in total. The molecule has 1 aliphatic heterocycles. The lowest BCUT2D eigenvalue weighted by Gasteiger charge is -2.36. The molecule has 1 aliphatic rings. The van der Waals surface area contributed by atoms with Gasteiger partial charge in [-0.1, -0.05) is 5.57 Å². The van der Waals surface area contributed by atoms with Crippen molar-refractivity contribution in [3.05, 3.63) is 23.5 Å². The molecule has 0 aliphatic carbocycles. The van der Waals surface area contributed by atoms with Crippen molar-refractivity contribution in [2.75, 3.05) is 7.05 Å². The van der Waals surface area contributed by atoms with E-state index in [0.29, 0.717) is 5.71 Å². The van der Waals surface area contributed by atoms with Crippen LogP contribution < -0.4 is 5.73 Å². The number of hydrogen-bond acceptors (Lipinski definition) is 3. The van der Waals surface area contributed by atoms with Crippen LogP contribution in [-0.2, 0) is 0 Å². The molecule has 0 amide bonds. The smallest absolute Gasteiger partial charge is 0.141 e. The summed E-state index contributed by atoms with van der Waals surface area (Å²) >= 11 is 0. The Labute approximate surface area is 110 Å². The van der Waals surface area contributed by atoms with Crippen molar-refractivity contribution in [1.29, 1.82) is 5.41 Å². The lowest BCUT2D eigenvalue weighted by Crippen LogP contribution is -2.37. The number of amidine groups is 1. The molecule has 4 nitrogen and oxygen atoms in total. The van der Waals surface area contributed by atoms with Crippen molar-refractivity contribution in [2.24, 2.45) is 10.7 Å². The minimum absolute atomic E-state index is 0.0188. The second kappa shape index (κ2) is 5.38. The standard InChI is InChI=1S/C14H24N4/c1-10-6-7-11(18(5)14(2,3)4)9-17-12(8-10)13(15)16/h8-9H,6-7H2,1-5H3,(H3,15,16)/b10-8+,11-9+,17-12+. The summed E-state index contributed by atoms with van der Waals surface area (Å²) in [4.78, 5) is 6.57. The van der Waals surface area contributed by atoms with Gasteiger partial charge in [0.25, 0.3) is 0 Å². The van der Waals surface area contributed by atoms with Crippen LogP contribution in [0.1, 0.15) is 40.5 Å². The molecule has 1 heterocycles. The van der Waals surface area contributed by atoms with Crippen LogP contribution in [0.4, 0.5) is 0 Å². The van der Waals surface area contributed by atoms with E-state index >= 15 is 0 Å². The maximum Gasteiger partial charge on any atom is 0.141 e. The molecule has 0 saturated carbocycles. The third-order valence-electron chi connectivity index (χ3n) is 3.22. The molecule has 1 rings (SSSR count). The molecule has 0 aromatic heterocycles. The zero-order valence-electron chi connectivity index (χ0n) is 12.0. The summed E-state index contributed by atoms with van der Waals surface area (Å²) in [6.45, 7) is 8.57. The Hall–Kier alpha value is -1.58. The largest absolute Gasteiger partial charge is 0.382 e. The van der Waals surface area contributed by atoms with E-state index in [1.165, 1.54) is 11.3 Å². The highest BCUT2D eigenvalue weighted by atomic mass is 15.2. The third kappa shape index (κ3) is 3.72. The van der Waals surface area contributed by atoms with Gasteiger partial charge in [0, 0.05) is 24.5 Å². The highest BCUT2D eigenvalue weighted by molar-refractivity contribution is 6.44. The van der Waals surface area contributed by atoms with E-state index in [4.69, 9.17) is 11.1 Å². The number of allylic oxidation sites excluding steroid dienone is 2. The number of rotatable bonds is 2. The molecule has 0 fully saturated rings. The van der Waals surface area contributed by atoms with Gasteiger partial charge in [0.1, 0.15) is 11.5 Å². The first-order valence-electron chi connectivity index (χ1n) is 6.24. The summed E-state index contributed by atoms with van der Waals surface area (Å²) in [5, 5.41) is 7.50.